The van der Waals surface area contributed by atoms with Crippen molar-refractivity contribution < 1.29 is 24.5 Å². The zero-order valence-electron chi connectivity index (χ0n) is 18.5. The number of carbonyl (C=O) groups is 2. The van der Waals surface area contributed by atoms with Gasteiger partial charge < -0.3 is 19.8 Å². The molecule has 7 nitrogen and oxygen atoms in total. The molecule has 2 N–H and O–H groups in total. The summed E-state index contributed by atoms with van der Waals surface area (Å²) >= 11 is 0. The van der Waals surface area contributed by atoms with Gasteiger partial charge in [-0.15, -0.1) is 0 Å². The molecule has 30 heavy (non-hydrogen) atoms. The average Bonchev–Trinajstić information content (AvgIpc) is 2.73. The Morgan fingerprint density at radius 1 is 1.03 bits per heavy atom. The number of hydrogen-bond donors (Lipinski definition) is 2. The van der Waals surface area contributed by atoms with Crippen molar-refractivity contribution in [3.63, 3.8) is 0 Å². The molecule has 1 heterocycles. The maximum absolute atomic E-state index is 9.10. The van der Waals surface area contributed by atoms with Crippen molar-refractivity contribution in [2.75, 3.05) is 39.8 Å². The molecule has 0 unspecified atom stereocenters. The molecule has 2 rings (SSSR count). The Bertz CT molecular complexity index is 577. The number of hydrogen-bond acceptors (Lipinski definition) is 5. The number of rotatable bonds is 11. The van der Waals surface area contributed by atoms with Crippen LogP contribution in [0.5, 0.6) is 0 Å². The first-order valence-electron chi connectivity index (χ1n) is 10.9. The van der Waals surface area contributed by atoms with Gasteiger partial charge in [-0.3, -0.25) is 4.90 Å². The van der Waals surface area contributed by atoms with Crippen LogP contribution in [0.2, 0.25) is 0 Å². The number of aliphatic carboxylic acids is 2. The Labute approximate surface area is 180 Å². The monoisotopic (exact) mass is 422 g/mol. The summed E-state index contributed by atoms with van der Waals surface area (Å²) in [4.78, 5) is 23.2. The van der Waals surface area contributed by atoms with Crippen molar-refractivity contribution >= 4 is 11.9 Å². The van der Waals surface area contributed by atoms with Gasteiger partial charge in [0.15, 0.2) is 0 Å². The van der Waals surface area contributed by atoms with Gasteiger partial charge >= 0.3 is 11.9 Å². The van der Waals surface area contributed by atoms with Gasteiger partial charge in [-0.25, -0.2) is 9.59 Å². The molecule has 170 valence electrons. The fourth-order valence-corrected chi connectivity index (χ4v) is 3.48. The molecular weight excluding hydrogens is 384 g/mol. The highest BCUT2D eigenvalue weighted by molar-refractivity contribution is 6.27. The summed E-state index contributed by atoms with van der Waals surface area (Å²) in [5, 5.41) is 14.8. The molecule has 0 atom stereocenters. The first-order chi connectivity index (χ1) is 14.4. The van der Waals surface area contributed by atoms with Gasteiger partial charge in [-0.1, -0.05) is 37.3 Å². The van der Waals surface area contributed by atoms with Gasteiger partial charge in [-0.05, 0) is 64.2 Å². The Morgan fingerprint density at radius 3 is 2.23 bits per heavy atom. The van der Waals surface area contributed by atoms with E-state index in [1.54, 1.807) is 0 Å². The van der Waals surface area contributed by atoms with E-state index in [4.69, 9.17) is 24.5 Å². The molecule has 0 saturated carbocycles. The van der Waals surface area contributed by atoms with E-state index >= 15 is 0 Å². The predicted octanol–water partition coefficient (Wildman–Crippen LogP) is 3.34. The van der Waals surface area contributed by atoms with Crippen molar-refractivity contribution in [1.29, 1.82) is 0 Å². The smallest absolute Gasteiger partial charge is 0.414 e. The summed E-state index contributed by atoms with van der Waals surface area (Å²) in [5.41, 5.74) is 1.42. The minimum atomic E-state index is -1.82. The lowest BCUT2D eigenvalue weighted by Gasteiger charge is -2.32. The molecule has 0 spiro atoms. The molecule has 0 bridgehead atoms. The van der Waals surface area contributed by atoms with E-state index in [2.05, 4.69) is 54.1 Å². The lowest BCUT2D eigenvalue weighted by molar-refractivity contribution is -0.159. The summed E-state index contributed by atoms with van der Waals surface area (Å²) in [5.74, 6) is -3.65. The van der Waals surface area contributed by atoms with Crippen molar-refractivity contribution in [2.45, 2.75) is 58.1 Å². The van der Waals surface area contributed by atoms with Gasteiger partial charge in [0, 0.05) is 26.2 Å². The lowest BCUT2D eigenvalue weighted by atomic mass is 10.1. The molecule has 1 aliphatic heterocycles. The molecule has 7 heteroatoms. The van der Waals surface area contributed by atoms with Crippen LogP contribution in [0.25, 0.3) is 0 Å². The summed E-state index contributed by atoms with van der Waals surface area (Å²) in [6.45, 7) is 9.06. The molecule has 1 aromatic rings. The van der Waals surface area contributed by atoms with Crippen molar-refractivity contribution in [3.8, 4) is 0 Å². The number of unbranched alkanes of at least 4 members (excludes halogenated alkanes) is 2. The Kier molecular flexibility index (Phi) is 13.8. The maximum Gasteiger partial charge on any atom is 0.414 e. The van der Waals surface area contributed by atoms with Crippen LogP contribution in [-0.2, 0) is 20.9 Å². The van der Waals surface area contributed by atoms with E-state index < -0.39 is 11.9 Å². The molecular formula is C23H38N2O5. The van der Waals surface area contributed by atoms with Crippen LogP contribution in [0.3, 0.4) is 0 Å². The molecule has 1 fully saturated rings. The van der Waals surface area contributed by atoms with Crippen molar-refractivity contribution in [1.82, 2.24) is 9.80 Å². The van der Waals surface area contributed by atoms with Crippen LogP contribution in [0.15, 0.2) is 30.3 Å². The quantitative estimate of drug-likeness (QED) is 0.417. The van der Waals surface area contributed by atoms with Crippen molar-refractivity contribution in [3.05, 3.63) is 35.9 Å². The predicted molar refractivity (Wildman–Crippen MR) is 118 cm³/mol. The molecule has 0 aromatic heterocycles. The summed E-state index contributed by atoms with van der Waals surface area (Å²) < 4.78 is 6.10. The molecule has 0 radical (unpaired) electrons. The van der Waals surface area contributed by atoms with E-state index in [1.165, 1.54) is 70.3 Å². The van der Waals surface area contributed by atoms with E-state index in [0.29, 0.717) is 6.10 Å². The highest BCUT2D eigenvalue weighted by atomic mass is 16.5. The Morgan fingerprint density at radius 2 is 1.67 bits per heavy atom. The van der Waals surface area contributed by atoms with Crippen LogP contribution < -0.4 is 0 Å². The van der Waals surface area contributed by atoms with Gasteiger partial charge in [0.05, 0.1) is 6.10 Å². The van der Waals surface area contributed by atoms with Crippen LogP contribution >= 0.6 is 0 Å². The third-order valence-electron chi connectivity index (χ3n) is 5.11. The highest BCUT2D eigenvalue weighted by Gasteiger charge is 2.19. The van der Waals surface area contributed by atoms with Crippen LogP contribution in [0.1, 0.15) is 51.0 Å². The third kappa shape index (κ3) is 12.6. The van der Waals surface area contributed by atoms with Crippen molar-refractivity contribution in [2.24, 2.45) is 0 Å². The minimum Gasteiger partial charge on any atom is -0.473 e. The summed E-state index contributed by atoms with van der Waals surface area (Å²) in [6, 6.07) is 10.8. The molecule has 1 aliphatic rings. The first-order valence-corrected chi connectivity index (χ1v) is 10.9. The van der Waals surface area contributed by atoms with Crippen LogP contribution in [0, 0.1) is 0 Å². The van der Waals surface area contributed by atoms with Gasteiger partial charge in [0.2, 0.25) is 0 Å². The highest BCUT2D eigenvalue weighted by Crippen LogP contribution is 2.16. The topological polar surface area (TPSA) is 90.3 Å². The Balaban J connectivity index is 0.000000656. The summed E-state index contributed by atoms with van der Waals surface area (Å²) in [7, 11) is 2.23. The second kappa shape index (κ2) is 15.8. The fraction of sp³-hybridized carbons (Fsp3) is 0.652. The van der Waals surface area contributed by atoms with Gasteiger partial charge in [0.25, 0.3) is 0 Å². The number of ether oxygens (including phenoxy) is 1. The second-order valence-electron chi connectivity index (χ2n) is 7.81. The standard InChI is InChI=1S/C21H36N2O.C2H2O4/c1-3-14-22(2)15-8-5-9-18-24-21-12-16-23(17-13-21)19-20-10-6-4-7-11-20;3-1(4)2(5)6/h4,6-7,10-11,21H,3,5,8-9,12-19H2,1-2H3;(H,3,4)(H,5,6). The lowest BCUT2D eigenvalue weighted by Crippen LogP contribution is -2.36. The number of carboxylic acids is 2. The summed E-state index contributed by atoms with van der Waals surface area (Å²) in [6.07, 6.45) is 7.92. The number of likely N-dealkylation sites (tertiary alicyclic amines) is 1. The van der Waals surface area contributed by atoms with E-state index in [-0.39, 0.29) is 0 Å². The average molecular weight is 423 g/mol. The zero-order valence-corrected chi connectivity index (χ0v) is 18.5. The minimum absolute atomic E-state index is 0.486. The van der Waals surface area contributed by atoms with Gasteiger partial charge in [0.1, 0.15) is 0 Å². The normalized spacial score (nSPS) is 14.9. The third-order valence-corrected chi connectivity index (χ3v) is 5.11. The van der Waals surface area contributed by atoms with Gasteiger partial charge in [-0.2, -0.15) is 0 Å². The molecule has 0 aliphatic carbocycles. The Hall–Kier alpha value is -1.96. The molecule has 1 aromatic carbocycles. The van der Waals surface area contributed by atoms with E-state index in [1.807, 2.05) is 0 Å². The second-order valence-corrected chi connectivity index (χ2v) is 7.81. The SMILES string of the molecule is CCCN(C)CCCCCOC1CCN(Cc2ccccc2)CC1.O=C(O)C(=O)O. The van der Waals surface area contributed by atoms with Crippen LogP contribution in [0.4, 0.5) is 0 Å². The number of benzene rings is 1. The first kappa shape index (κ1) is 26.1. The molecule has 0 amide bonds. The number of piperidine rings is 1. The number of carboxylic acid groups (broad SMARTS) is 2. The maximum atomic E-state index is 9.10. The number of nitrogens with zero attached hydrogens (tertiary/aromatic N) is 2. The largest absolute Gasteiger partial charge is 0.473 e. The zero-order chi connectivity index (χ0) is 22.2. The van der Waals surface area contributed by atoms with Crippen LogP contribution in [-0.4, -0.2) is 77.9 Å². The van der Waals surface area contributed by atoms with E-state index in [9.17, 15) is 0 Å². The molecule has 1 saturated heterocycles. The fourth-order valence-electron chi connectivity index (χ4n) is 3.48. The van der Waals surface area contributed by atoms with E-state index in [0.717, 1.165) is 13.2 Å².